The minimum atomic E-state index is 0.0100. The van der Waals surface area contributed by atoms with E-state index in [1.54, 1.807) is 7.11 Å². The van der Waals surface area contributed by atoms with E-state index in [-0.39, 0.29) is 12.0 Å². The smallest absolute Gasteiger partial charge is 0.227 e. The van der Waals surface area contributed by atoms with Crippen molar-refractivity contribution in [1.82, 2.24) is 9.88 Å². The first-order valence-corrected chi connectivity index (χ1v) is 8.57. The number of amides is 1. The maximum Gasteiger partial charge on any atom is 0.227 e. The third-order valence-corrected chi connectivity index (χ3v) is 4.46. The van der Waals surface area contributed by atoms with E-state index in [9.17, 15) is 4.79 Å². The van der Waals surface area contributed by atoms with Crippen molar-refractivity contribution in [2.24, 2.45) is 0 Å². The second-order valence-electron chi connectivity index (χ2n) is 6.47. The molecule has 5 heteroatoms. The average molecular weight is 340 g/mol. The zero-order chi connectivity index (χ0) is 17.8. The molecule has 1 fully saturated rings. The first-order valence-electron chi connectivity index (χ1n) is 8.57. The van der Waals surface area contributed by atoms with E-state index < -0.39 is 0 Å². The Morgan fingerprint density at radius 1 is 1.28 bits per heavy atom. The molecule has 0 bridgehead atoms. The Balaban J connectivity index is 1.56. The number of carbonyl (C=O) groups excluding carboxylic acids is 1. The van der Waals surface area contributed by atoms with Crippen LogP contribution in [0.2, 0.25) is 0 Å². The lowest BCUT2D eigenvalue weighted by Crippen LogP contribution is -2.32. The summed E-state index contributed by atoms with van der Waals surface area (Å²) in [5.74, 6) is 1.61. The number of rotatable bonds is 5. The van der Waals surface area contributed by atoms with Gasteiger partial charge in [-0.15, -0.1) is 0 Å². The van der Waals surface area contributed by atoms with Gasteiger partial charge in [-0.25, -0.2) is 4.98 Å². The summed E-state index contributed by atoms with van der Waals surface area (Å²) in [6.07, 6.45) is 1.25. The van der Waals surface area contributed by atoms with Crippen molar-refractivity contribution in [2.75, 3.05) is 20.2 Å². The Bertz CT molecular complexity index is 760. The lowest BCUT2D eigenvalue weighted by molar-refractivity contribution is -0.129. The van der Waals surface area contributed by atoms with Gasteiger partial charge in [-0.2, -0.15) is 0 Å². The van der Waals surface area contributed by atoms with Crippen LogP contribution in [0.1, 0.15) is 23.2 Å². The van der Waals surface area contributed by atoms with Gasteiger partial charge in [0.05, 0.1) is 20.1 Å². The van der Waals surface area contributed by atoms with E-state index >= 15 is 0 Å². The van der Waals surface area contributed by atoms with Crippen LogP contribution in [0.15, 0.2) is 36.4 Å². The van der Waals surface area contributed by atoms with Crippen molar-refractivity contribution in [3.05, 3.63) is 53.2 Å². The van der Waals surface area contributed by atoms with E-state index in [1.165, 1.54) is 0 Å². The zero-order valence-electron chi connectivity index (χ0n) is 15.0. The molecule has 1 atom stereocenters. The Hall–Kier alpha value is -2.56. The number of aromatic nitrogens is 1. The molecule has 0 spiro atoms. The summed E-state index contributed by atoms with van der Waals surface area (Å²) in [6.45, 7) is 5.27. The molecule has 1 unspecified atom stereocenters. The number of carbonyl (C=O) groups is 1. The van der Waals surface area contributed by atoms with Crippen LogP contribution >= 0.6 is 0 Å². The molecule has 132 valence electrons. The Morgan fingerprint density at radius 2 is 2.12 bits per heavy atom. The van der Waals surface area contributed by atoms with Crippen LogP contribution in [0.4, 0.5) is 0 Å². The molecule has 1 aromatic heterocycles. The highest BCUT2D eigenvalue weighted by Gasteiger charge is 2.27. The molecule has 2 aromatic rings. The molecule has 1 amide bonds. The van der Waals surface area contributed by atoms with Crippen LogP contribution in [-0.2, 0) is 11.2 Å². The number of likely N-dealkylation sites (tertiary alicyclic amines) is 1. The molecule has 5 nitrogen and oxygen atoms in total. The van der Waals surface area contributed by atoms with Gasteiger partial charge in [0.25, 0.3) is 0 Å². The summed E-state index contributed by atoms with van der Waals surface area (Å²) in [6, 6.07) is 11.6. The fourth-order valence-corrected chi connectivity index (χ4v) is 3.14. The molecule has 3 rings (SSSR count). The summed E-state index contributed by atoms with van der Waals surface area (Å²) in [5, 5.41) is 0. The number of benzene rings is 1. The maximum atomic E-state index is 12.6. The van der Waals surface area contributed by atoms with E-state index in [1.807, 2.05) is 55.1 Å². The molecule has 2 heterocycles. The molecule has 0 saturated carbocycles. The third-order valence-electron chi connectivity index (χ3n) is 4.46. The van der Waals surface area contributed by atoms with Gasteiger partial charge in [0.2, 0.25) is 11.8 Å². The van der Waals surface area contributed by atoms with Gasteiger partial charge in [0.15, 0.2) is 0 Å². The third kappa shape index (κ3) is 4.29. The minimum absolute atomic E-state index is 0.0100. The molecular weight excluding hydrogens is 316 g/mol. The first kappa shape index (κ1) is 17.3. The van der Waals surface area contributed by atoms with Crippen LogP contribution in [0.25, 0.3) is 0 Å². The normalized spacial score (nSPS) is 16.8. The Morgan fingerprint density at radius 3 is 2.84 bits per heavy atom. The summed E-state index contributed by atoms with van der Waals surface area (Å²) in [4.78, 5) is 18.8. The largest absolute Gasteiger partial charge is 0.496 e. The second-order valence-corrected chi connectivity index (χ2v) is 6.47. The molecule has 1 aliphatic rings. The van der Waals surface area contributed by atoms with E-state index in [4.69, 9.17) is 9.47 Å². The van der Waals surface area contributed by atoms with Crippen molar-refractivity contribution in [3.63, 3.8) is 0 Å². The van der Waals surface area contributed by atoms with Crippen LogP contribution in [-0.4, -0.2) is 42.1 Å². The lowest BCUT2D eigenvalue weighted by Gasteiger charge is -2.17. The zero-order valence-corrected chi connectivity index (χ0v) is 15.0. The number of pyridine rings is 1. The van der Waals surface area contributed by atoms with Gasteiger partial charge in [-0.3, -0.25) is 4.79 Å². The van der Waals surface area contributed by atoms with Gasteiger partial charge in [-0.1, -0.05) is 18.2 Å². The summed E-state index contributed by atoms with van der Waals surface area (Å²) in [7, 11) is 1.65. The van der Waals surface area contributed by atoms with Gasteiger partial charge >= 0.3 is 0 Å². The van der Waals surface area contributed by atoms with Crippen LogP contribution in [0.3, 0.4) is 0 Å². The fourth-order valence-electron chi connectivity index (χ4n) is 3.14. The number of aryl methyl sites for hydroxylation is 2. The molecule has 0 N–H and O–H groups in total. The molecule has 0 radical (unpaired) electrons. The molecule has 1 aliphatic heterocycles. The number of nitrogens with zero attached hydrogens (tertiary/aromatic N) is 2. The minimum Gasteiger partial charge on any atom is -0.496 e. The SMILES string of the molecule is COc1ccc(CC(=O)N2CCC(Oc3cccc(C)n3)C2)cc1C. The molecule has 1 aromatic carbocycles. The summed E-state index contributed by atoms with van der Waals surface area (Å²) < 4.78 is 11.2. The first-order chi connectivity index (χ1) is 12.0. The van der Waals surface area contributed by atoms with Crippen molar-refractivity contribution in [3.8, 4) is 11.6 Å². The number of hydrogen-bond donors (Lipinski definition) is 0. The number of hydrogen-bond acceptors (Lipinski definition) is 4. The Kier molecular flexibility index (Phi) is 5.22. The fraction of sp³-hybridized carbons (Fsp3) is 0.400. The average Bonchev–Trinajstić information content (AvgIpc) is 3.04. The van der Waals surface area contributed by atoms with Gasteiger partial charge in [-0.05, 0) is 37.1 Å². The highest BCUT2D eigenvalue weighted by molar-refractivity contribution is 5.79. The predicted octanol–water partition coefficient (Wildman–Crippen LogP) is 2.93. The van der Waals surface area contributed by atoms with Crippen molar-refractivity contribution >= 4 is 5.91 Å². The second kappa shape index (κ2) is 7.55. The van der Waals surface area contributed by atoms with Gasteiger partial charge < -0.3 is 14.4 Å². The molecule has 0 aliphatic carbocycles. The van der Waals surface area contributed by atoms with Crippen LogP contribution < -0.4 is 9.47 Å². The predicted molar refractivity (Wildman–Crippen MR) is 96.0 cm³/mol. The van der Waals surface area contributed by atoms with Gasteiger partial charge in [0.1, 0.15) is 11.9 Å². The highest BCUT2D eigenvalue weighted by Crippen LogP contribution is 2.21. The molecular formula is C20H24N2O3. The van der Waals surface area contributed by atoms with Crippen molar-refractivity contribution in [2.45, 2.75) is 32.8 Å². The quantitative estimate of drug-likeness (QED) is 0.840. The van der Waals surface area contributed by atoms with Crippen LogP contribution in [0.5, 0.6) is 11.6 Å². The maximum absolute atomic E-state index is 12.6. The summed E-state index contributed by atoms with van der Waals surface area (Å²) >= 11 is 0. The molecule has 25 heavy (non-hydrogen) atoms. The standard InChI is InChI=1S/C20H24N2O3/c1-14-11-16(7-8-18(14)24-3)12-20(23)22-10-9-17(13-22)25-19-6-4-5-15(2)21-19/h4-8,11,17H,9-10,12-13H2,1-3H3. The highest BCUT2D eigenvalue weighted by atomic mass is 16.5. The van der Waals surface area contributed by atoms with Crippen molar-refractivity contribution in [1.29, 1.82) is 0 Å². The lowest BCUT2D eigenvalue weighted by atomic mass is 10.1. The van der Waals surface area contributed by atoms with E-state index in [0.29, 0.717) is 18.8 Å². The topological polar surface area (TPSA) is 51.7 Å². The number of ether oxygens (including phenoxy) is 2. The van der Waals surface area contributed by atoms with Crippen LogP contribution in [0, 0.1) is 13.8 Å². The van der Waals surface area contributed by atoms with Gasteiger partial charge in [0, 0.05) is 24.7 Å². The van der Waals surface area contributed by atoms with E-state index in [0.717, 1.165) is 35.5 Å². The Labute approximate surface area is 148 Å². The summed E-state index contributed by atoms with van der Waals surface area (Å²) in [5.41, 5.74) is 2.98. The van der Waals surface area contributed by atoms with E-state index in [2.05, 4.69) is 4.98 Å². The van der Waals surface area contributed by atoms with Crippen molar-refractivity contribution < 1.29 is 14.3 Å². The number of methoxy groups -OCH3 is 1. The monoisotopic (exact) mass is 340 g/mol. The molecule has 1 saturated heterocycles.